The van der Waals surface area contributed by atoms with E-state index in [0.29, 0.717) is 0 Å². The molecule has 0 aliphatic heterocycles. The monoisotopic (exact) mass is 708 g/mol. The van der Waals surface area contributed by atoms with E-state index in [2.05, 4.69) is 174 Å². The number of benzene rings is 8. The van der Waals surface area contributed by atoms with Crippen LogP contribution in [0.15, 0.2) is 170 Å². The Bertz CT molecular complexity index is 3460. The number of hydrogen-bond acceptors (Lipinski definition) is 3. The molecule has 0 amide bonds. The summed E-state index contributed by atoms with van der Waals surface area (Å²) in [4.78, 5) is 5.37. The first-order valence-corrected chi connectivity index (χ1v) is 19.6. The maximum atomic E-state index is 5.37. The summed E-state index contributed by atoms with van der Waals surface area (Å²) in [5, 5.41) is 11.4. The van der Waals surface area contributed by atoms with Crippen LogP contribution in [0.25, 0.3) is 112 Å². The van der Waals surface area contributed by atoms with E-state index in [1.165, 1.54) is 95.1 Å². The fourth-order valence-corrected chi connectivity index (χ4v) is 10.9. The van der Waals surface area contributed by atoms with Gasteiger partial charge in [-0.15, -0.1) is 22.7 Å². The summed E-state index contributed by atoms with van der Waals surface area (Å²) >= 11 is 3.76. The number of nitrogens with zero attached hydrogens (tertiary/aromatic N) is 2. The molecule has 246 valence electrons. The molecule has 0 bridgehead atoms. The van der Waals surface area contributed by atoms with Gasteiger partial charge in [-0.1, -0.05) is 115 Å². The average Bonchev–Trinajstić information content (AvgIpc) is 3.90. The van der Waals surface area contributed by atoms with Crippen LogP contribution in [0.2, 0.25) is 0 Å². The van der Waals surface area contributed by atoms with Crippen LogP contribution in [0.1, 0.15) is 0 Å². The molecule has 0 unspecified atom stereocenters. The molecule has 0 spiro atoms. The fraction of sp³-hybridized carbons (Fsp3) is 0. The first-order valence-electron chi connectivity index (χ1n) is 18.0. The van der Waals surface area contributed by atoms with Crippen molar-refractivity contribution in [3.8, 4) is 28.1 Å². The zero-order chi connectivity index (χ0) is 34.6. The van der Waals surface area contributed by atoms with Crippen molar-refractivity contribution in [1.29, 1.82) is 0 Å². The van der Waals surface area contributed by atoms with Crippen molar-refractivity contribution < 1.29 is 0 Å². The molecule has 4 aromatic heterocycles. The average molecular weight is 709 g/mol. The van der Waals surface area contributed by atoms with Gasteiger partial charge in [0.25, 0.3) is 0 Å². The molecular formula is C49H28N2S2. The van der Waals surface area contributed by atoms with E-state index in [4.69, 9.17) is 4.98 Å². The molecule has 2 nitrogen and oxygen atoms in total. The van der Waals surface area contributed by atoms with Gasteiger partial charge in [0, 0.05) is 68.1 Å². The molecule has 0 atom stereocenters. The lowest BCUT2D eigenvalue weighted by Gasteiger charge is -2.16. The van der Waals surface area contributed by atoms with Crippen LogP contribution in [0.3, 0.4) is 0 Å². The van der Waals surface area contributed by atoms with Crippen molar-refractivity contribution >= 4 is 106 Å². The molecule has 0 aliphatic rings. The minimum Gasteiger partial charge on any atom is -0.308 e. The van der Waals surface area contributed by atoms with Crippen LogP contribution in [0.5, 0.6) is 0 Å². The Labute approximate surface area is 312 Å². The number of fused-ring (bicyclic) bond motifs is 13. The fourth-order valence-electron chi connectivity index (χ4n) is 8.61. The Morgan fingerprint density at radius 1 is 0.377 bits per heavy atom. The van der Waals surface area contributed by atoms with E-state index in [-0.39, 0.29) is 0 Å². The molecule has 12 rings (SSSR count). The second-order valence-corrected chi connectivity index (χ2v) is 16.0. The molecule has 4 heteroatoms. The van der Waals surface area contributed by atoms with Crippen LogP contribution in [-0.4, -0.2) is 9.55 Å². The summed E-state index contributed by atoms with van der Waals surface area (Å²) in [5.74, 6) is 0. The molecule has 0 radical (unpaired) electrons. The Morgan fingerprint density at radius 2 is 1.00 bits per heavy atom. The SMILES string of the molecule is c1ccc(-c2nc3ccccc3c3c2cc(-n2c4ccccc4c4cc(-c5ccc6sc7ccccc7c6c5)ccc42)c2sc4ccccc4c23)cc1. The maximum Gasteiger partial charge on any atom is 0.0789 e. The molecular weight excluding hydrogens is 681 g/mol. The number of aromatic nitrogens is 2. The summed E-state index contributed by atoms with van der Waals surface area (Å²) in [5.41, 5.74) is 9.20. The first kappa shape index (κ1) is 29.3. The third-order valence-corrected chi connectivity index (χ3v) is 13.3. The van der Waals surface area contributed by atoms with Gasteiger partial charge in [0.05, 0.1) is 32.6 Å². The number of rotatable bonds is 3. The normalized spacial score (nSPS) is 12.2. The highest BCUT2D eigenvalue weighted by Gasteiger charge is 2.22. The quantitative estimate of drug-likeness (QED) is 0.167. The summed E-state index contributed by atoms with van der Waals surface area (Å²) in [7, 11) is 0. The van der Waals surface area contributed by atoms with Gasteiger partial charge in [0.15, 0.2) is 0 Å². The molecule has 4 heterocycles. The maximum absolute atomic E-state index is 5.37. The van der Waals surface area contributed by atoms with Crippen molar-refractivity contribution in [1.82, 2.24) is 9.55 Å². The molecule has 0 saturated heterocycles. The highest BCUT2D eigenvalue weighted by Crippen LogP contribution is 2.48. The van der Waals surface area contributed by atoms with E-state index >= 15 is 0 Å². The molecule has 0 aliphatic carbocycles. The number of thiophene rings is 2. The van der Waals surface area contributed by atoms with E-state index in [1.807, 2.05) is 22.7 Å². The largest absolute Gasteiger partial charge is 0.308 e. The molecule has 53 heavy (non-hydrogen) atoms. The lowest BCUT2D eigenvalue weighted by Crippen LogP contribution is -1.97. The van der Waals surface area contributed by atoms with Crippen molar-refractivity contribution in [3.05, 3.63) is 170 Å². The van der Waals surface area contributed by atoms with Gasteiger partial charge < -0.3 is 4.57 Å². The van der Waals surface area contributed by atoms with Crippen molar-refractivity contribution in [2.75, 3.05) is 0 Å². The second-order valence-electron chi connectivity index (χ2n) is 13.9. The minimum atomic E-state index is 1.01. The Balaban J connectivity index is 1.19. The zero-order valence-corrected chi connectivity index (χ0v) is 30.0. The second kappa shape index (κ2) is 11.1. The first-order chi connectivity index (χ1) is 26.3. The van der Waals surface area contributed by atoms with Gasteiger partial charge in [0.1, 0.15) is 0 Å². The predicted octanol–water partition coefficient (Wildman–Crippen LogP) is 14.6. The minimum absolute atomic E-state index is 1.01. The molecule has 0 fully saturated rings. The van der Waals surface area contributed by atoms with E-state index in [1.54, 1.807) is 0 Å². The van der Waals surface area contributed by atoms with Crippen LogP contribution < -0.4 is 0 Å². The third kappa shape index (κ3) is 4.22. The highest BCUT2D eigenvalue weighted by atomic mass is 32.1. The van der Waals surface area contributed by atoms with Crippen molar-refractivity contribution in [2.45, 2.75) is 0 Å². The van der Waals surface area contributed by atoms with Gasteiger partial charge in [-0.25, -0.2) is 4.98 Å². The van der Waals surface area contributed by atoms with Gasteiger partial charge in [-0.3, -0.25) is 0 Å². The molecule has 8 aromatic carbocycles. The lowest BCUT2D eigenvalue weighted by atomic mass is 9.95. The van der Waals surface area contributed by atoms with Gasteiger partial charge in [0.2, 0.25) is 0 Å². The van der Waals surface area contributed by atoms with E-state index < -0.39 is 0 Å². The summed E-state index contributed by atoms with van der Waals surface area (Å²) in [6.45, 7) is 0. The van der Waals surface area contributed by atoms with E-state index in [0.717, 1.165) is 16.8 Å². The molecule has 0 saturated carbocycles. The van der Waals surface area contributed by atoms with Gasteiger partial charge >= 0.3 is 0 Å². The number of hydrogen-bond donors (Lipinski definition) is 0. The Morgan fingerprint density at radius 3 is 1.85 bits per heavy atom. The molecule has 0 N–H and O–H groups in total. The van der Waals surface area contributed by atoms with E-state index in [9.17, 15) is 0 Å². The zero-order valence-electron chi connectivity index (χ0n) is 28.4. The topological polar surface area (TPSA) is 17.8 Å². The third-order valence-electron chi connectivity index (χ3n) is 11.0. The Hall–Kier alpha value is -6.33. The van der Waals surface area contributed by atoms with Crippen molar-refractivity contribution in [2.24, 2.45) is 0 Å². The molecule has 12 aromatic rings. The van der Waals surface area contributed by atoms with Crippen molar-refractivity contribution in [3.63, 3.8) is 0 Å². The Kier molecular flexibility index (Phi) is 6.12. The van der Waals surface area contributed by atoms with Crippen LogP contribution >= 0.6 is 22.7 Å². The summed E-state index contributed by atoms with van der Waals surface area (Å²) in [6.07, 6.45) is 0. The van der Waals surface area contributed by atoms with Crippen LogP contribution in [0, 0.1) is 0 Å². The highest BCUT2D eigenvalue weighted by molar-refractivity contribution is 7.26. The predicted molar refractivity (Wildman–Crippen MR) is 230 cm³/mol. The van der Waals surface area contributed by atoms with Crippen LogP contribution in [0.4, 0.5) is 0 Å². The lowest BCUT2D eigenvalue weighted by molar-refractivity contribution is 1.21. The van der Waals surface area contributed by atoms with Gasteiger partial charge in [-0.05, 0) is 65.7 Å². The summed E-state index contributed by atoms with van der Waals surface area (Å²) in [6, 6.07) is 62.2. The summed E-state index contributed by atoms with van der Waals surface area (Å²) < 4.78 is 7.74. The number of pyridine rings is 1. The smallest absolute Gasteiger partial charge is 0.0789 e. The van der Waals surface area contributed by atoms with Gasteiger partial charge in [-0.2, -0.15) is 0 Å². The standard InChI is InChI=1S/C49H28N2S2/c1-2-12-29(13-3-1)48-38-28-42(49-47(35-17-7-11-21-44(35)53-49)46(38)34-16-4-8-18-39(34)50-48)51-40-19-9-5-14-32(40)36-26-30(22-24-41(36)51)31-23-25-45-37(27-31)33-15-6-10-20-43(33)52-45/h1-28H. The van der Waals surface area contributed by atoms with Crippen LogP contribution in [-0.2, 0) is 0 Å². The number of para-hydroxylation sites is 2.